The van der Waals surface area contributed by atoms with E-state index < -0.39 is 7.37 Å². The fraction of sp³-hybridized carbons (Fsp3) is 0.692. The molecule has 29 heavy (non-hydrogen) atoms. The molecule has 1 aromatic rings. The molecule has 0 aliphatic heterocycles. The highest BCUT2D eigenvalue weighted by molar-refractivity contribution is 7.61. The lowest BCUT2D eigenvalue weighted by Crippen LogP contribution is -1.88. The first-order valence-corrected chi connectivity index (χ1v) is 14.1. The lowest BCUT2D eigenvalue weighted by atomic mass is 10.0. The Morgan fingerprint density at radius 1 is 0.690 bits per heavy atom. The van der Waals surface area contributed by atoms with E-state index in [-0.39, 0.29) is 0 Å². The van der Waals surface area contributed by atoms with Gasteiger partial charge in [0.05, 0.1) is 0 Å². The molecule has 0 saturated carbocycles. The fourth-order valence-electron chi connectivity index (χ4n) is 3.73. The van der Waals surface area contributed by atoms with Crippen molar-refractivity contribution in [2.24, 2.45) is 0 Å². The minimum Gasteiger partial charge on any atom is -0.341 e. The standard InChI is InChI=1S/C26H45O2P/c1-2-3-4-5-6-7-8-9-10-11-12-13-14-15-16-20-24-29(27,28)25-23-26-21-18-17-19-22-26/h17-19,21-23,25H,2-16,20,24H2,1H3,(H,27,28). The first kappa shape index (κ1) is 26.2. The highest BCUT2D eigenvalue weighted by Gasteiger charge is 2.12. The van der Waals surface area contributed by atoms with Gasteiger partial charge in [0.2, 0.25) is 7.37 Å². The van der Waals surface area contributed by atoms with Crippen LogP contribution in [0.15, 0.2) is 36.1 Å². The zero-order valence-electron chi connectivity index (χ0n) is 18.9. The quantitative estimate of drug-likeness (QED) is 0.179. The Morgan fingerprint density at radius 3 is 1.55 bits per heavy atom. The largest absolute Gasteiger partial charge is 0.341 e. The fourth-order valence-corrected chi connectivity index (χ4v) is 4.96. The smallest absolute Gasteiger partial charge is 0.222 e. The predicted octanol–water partition coefficient (Wildman–Crippen LogP) is 9.19. The number of hydrogen-bond donors (Lipinski definition) is 1. The Labute approximate surface area is 180 Å². The normalized spacial score (nSPS) is 13.7. The molecule has 1 aromatic carbocycles. The van der Waals surface area contributed by atoms with E-state index in [9.17, 15) is 9.46 Å². The zero-order valence-corrected chi connectivity index (χ0v) is 19.8. The van der Waals surface area contributed by atoms with E-state index in [4.69, 9.17) is 0 Å². The van der Waals surface area contributed by atoms with Crippen molar-refractivity contribution in [2.45, 2.75) is 110 Å². The summed E-state index contributed by atoms with van der Waals surface area (Å²) >= 11 is 0. The molecule has 2 nitrogen and oxygen atoms in total. The summed E-state index contributed by atoms with van der Waals surface area (Å²) in [7, 11) is -3.13. The van der Waals surface area contributed by atoms with Gasteiger partial charge in [-0.25, -0.2) is 0 Å². The number of hydrogen-bond acceptors (Lipinski definition) is 1. The van der Waals surface area contributed by atoms with Crippen LogP contribution < -0.4 is 0 Å². The number of benzene rings is 1. The van der Waals surface area contributed by atoms with E-state index in [1.165, 1.54) is 95.7 Å². The van der Waals surface area contributed by atoms with Crippen molar-refractivity contribution in [2.75, 3.05) is 6.16 Å². The van der Waals surface area contributed by atoms with Crippen LogP contribution >= 0.6 is 7.37 Å². The lowest BCUT2D eigenvalue weighted by molar-refractivity contribution is 0.484. The molecular formula is C26H45O2P. The maximum Gasteiger partial charge on any atom is 0.222 e. The second-order valence-corrected chi connectivity index (χ2v) is 10.8. The Hall–Kier alpha value is -0.850. The van der Waals surface area contributed by atoms with Gasteiger partial charge in [-0.15, -0.1) is 0 Å². The van der Waals surface area contributed by atoms with E-state index in [0.29, 0.717) is 6.16 Å². The molecule has 166 valence electrons. The average Bonchev–Trinajstić information content (AvgIpc) is 2.73. The van der Waals surface area contributed by atoms with Crippen molar-refractivity contribution in [3.05, 3.63) is 41.7 Å². The molecule has 0 spiro atoms. The van der Waals surface area contributed by atoms with Crippen molar-refractivity contribution in [3.8, 4) is 0 Å². The summed E-state index contributed by atoms with van der Waals surface area (Å²) in [5.74, 6) is 1.51. The predicted molar refractivity (Wildman–Crippen MR) is 130 cm³/mol. The molecule has 0 aliphatic carbocycles. The minimum absolute atomic E-state index is 0.411. The van der Waals surface area contributed by atoms with Crippen molar-refractivity contribution in [1.29, 1.82) is 0 Å². The number of rotatable bonds is 19. The van der Waals surface area contributed by atoms with E-state index in [0.717, 1.165) is 18.4 Å². The molecule has 0 heterocycles. The van der Waals surface area contributed by atoms with Crippen molar-refractivity contribution >= 4 is 13.4 Å². The molecular weight excluding hydrogens is 375 g/mol. The van der Waals surface area contributed by atoms with Crippen LogP contribution in [0, 0.1) is 0 Å². The molecule has 0 amide bonds. The van der Waals surface area contributed by atoms with Crippen LogP contribution in [0.2, 0.25) is 0 Å². The van der Waals surface area contributed by atoms with E-state index in [2.05, 4.69) is 6.92 Å². The van der Waals surface area contributed by atoms with Gasteiger partial charge in [-0.05, 0) is 18.1 Å². The molecule has 0 aliphatic rings. The van der Waals surface area contributed by atoms with Crippen LogP contribution in [0.25, 0.3) is 6.08 Å². The van der Waals surface area contributed by atoms with Crippen LogP contribution in [0.4, 0.5) is 0 Å². The molecule has 0 fully saturated rings. The second kappa shape index (κ2) is 18.0. The third-order valence-corrected chi connectivity index (χ3v) is 7.20. The third-order valence-electron chi connectivity index (χ3n) is 5.63. The van der Waals surface area contributed by atoms with E-state index >= 15 is 0 Å². The summed E-state index contributed by atoms with van der Waals surface area (Å²) in [5.41, 5.74) is 0.980. The lowest BCUT2D eigenvalue weighted by Gasteiger charge is -2.07. The summed E-state index contributed by atoms with van der Waals surface area (Å²) in [6.45, 7) is 2.28. The van der Waals surface area contributed by atoms with Gasteiger partial charge in [0.15, 0.2) is 0 Å². The van der Waals surface area contributed by atoms with Crippen LogP contribution in [0.1, 0.15) is 115 Å². The van der Waals surface area contributed by atoms with Gasteiger partial charge < -0.3 is 4.89 Å². The molecule has 1 atom stereocenters. The van der Waals surface area contributed by atoms with Crippen molar-refractivity contribution in [3.63, 3.8) is 0 Å². The maximum absolute atomic E-state index is 12.2. The first-order chi connectivity index (χ1) is 14.1. The Balaban J connectivity index is 1.87. The van der Waals surface area contributed by atoms with Gasteiger partial charge in [0.1, 0.15) is 0 Å². The highest BCUT2D eigenvalue weighted by Crippen LogP contribution is 2.43. The van der Waals surface area contributed by atoms with Gasteiger partial charge in [-0.2, -0.15) is 0 Å². The van der Waals surface area contributed by atoms with Gasteiger partial charge in [-0.1, -0.05) is 134 Å². The SMILES string of the molecule is CCCCCCCCCCCCCCCCCCP(=O)(O)C=Cc1ccccc1. The van der Waals surface area contributed by atoms with Crippen LogP contribution in [0.5, 0.6) is 0 Å². The van der Waals surface area contributed by atoms with Gasteiger partial charge in [0, 0.05) is 12.0 Å². The summed E-state index contributed by atoms with van der Waals surface area (Å²) in [5, 5.41) is 0. The average molecular weight is 421 g/mol. The Morgan fingerprint density at radius 2 is 1.10 bits per heavy atom. The van der Waals surface area contributed by atoms with Crippen molar-refractivity contribution in [1.82, 2.24) is 0 Å². The van der Waals surface area contributed by atoms with E-state index in [1.807, 2.05) is 30.3 Å². The van der Waals surface area contributed by atoms with E-state index in [1.54, 1.807) is 6.08 Å². The zero-order chi connectivity index (χ0) is 21.0. The molecule has 0 aromatic heterocycles. The molecule has 0 saturated heterocycles. The van der Waals surface area contributed by atoms with Crippen LogP contribution in [0.3, 0.4) is 0 Å². The first-order valence-electron chi connectivity index (χ1n) is 12.2. The molecule has 3 heteroatoms. The molecule has 1 rings (SSSR count). The molecule has 1 unspecified atom stereocenters. The van der Waals surface area contributed by atoms with Crippen molar-refractivity contribution < 1.29 is 9.46 Å². The summed E-state index contributed by atoms with van der Waals surface area (Å²) in [6.07, 6.45) is 23.3. The van der Waals surface area contributed by atoms with Gasteiger partial charge >= 0.3 is 0 Å². The monoisotopic (exact) mass is 420 g/mol. The number of unbranched alkanes of at least 4 members (excludes halogenated alkanes) is 15. The van der Waals surface area contributed by atoms with Crippen LogP contribution in [-0.2, 0) is 4.57 Å². The van der Waals surface area contributed by atoms with Gasteiger partial charge in [-0.3, -0.25) is 4.57 Å². The molecule has 0 bridgehead atoms. The Bertz CT molecular complexity index is 553. The second-order valence-electron chi connectivity index (χ2n) is 8.51. The third kappa shape index (κ3) is 16.6. The summed E-state index contributed by atoms with van der Waals surface area (Å²) in [4.78, 5) is 10.1. The van der Waals surface area contributed by atoms with Crippen LogP contribution in [-0.4, -0.2) is 11.1 Å². The maximum atomic E-state index is 12.2. The molecule has 1 N–H and O–H groups in total. The summed E-state index contributed by atoms with van der Waals surface area (Å²) in [6, 6.07) is 9.73. The highest BCUT2D eigenvalue weighted by atomic mass is 31.2. The Kier molecular flexibility index (Phi) is 16.2. The summed E-state index contributed by atoms with van der Waals surface area (Å²) < 4.78 is 12.2. The minimum atomic E-state index is -3.13. The van der Waals surface area contributed by atoms with Gasteiger partial charge in [0.25, 0.3) is 0 Å². The topological polar surface area (TPSA) is 37.3 Å². The molecule has 0 radical (unpaired) electrons.